The van der Waals surface area contributed by atoms with E-state index < -0.39 is 141 Å². The van der Waals surface area contributed by atoms with Gasteiger partial charge in [0.15, 0.2) is 0 Å². The lowest BCUT2D eigenvalue weighted by Crippen LogP contribution is -2.60. The van der Waals surface area contributed by atoms with Crippen LogP contribution < -0.4 is 56.7 Å². The molecule has 0 radical (unpaired) electrons. The predicted molar refractivity (Wildman–Crippen MR) is 383 cm³/mol. The lowest BCUT2D eigenvalue weighted by molar-refractivity contribution is -0.145. The Hall–Kier alpha value is -9.82. The molecule has 12 unspecified atom stereocenters. The van der Waals surface area contributed by atoms with Gasteiger partial charge in [-0.15, -0.1) is 5.10 Å². The number of likely N-dealkylation sites (N-methyl/N-ethyl adjacent to an activating group) is 2. The first-order valence-corrected chi connectivity index (χ1v) is 36.5. The molecule has 30 nitrogen and oxygen atoms in total. The van der Waals surface area contributed by atoms with Crippen LogP contribution in [0.1, 0.15) is 103 Å². The third-order valence-corrected chi connectivity index (χ3v) is 20.7. The number of carbonyl (C=O) groups is 9. The van der Waals surface area contributed by atoms with Crippen LogP contribution in [-0.4, -0.2) is 215 Å². The smallest absolute Gasteiger partial charge is 0.326 e. The first-order chi connectivity index (χ1) is 49.4. The van der Waals surface area contributed by atoms with Gasteiger partial charge < -0.3 is 71.9 Å². The van der Waals surface area contributed by atoms with Crippen molar-refractivity contribution in [2.75, 3.05) is 46.9 Å². The van der Waals surface area contributed by atoms with E-state index in [0.29, 0.717) is 46.7 Å². The molecule has 1 aromatic heterocycles. The Morgan fingerprint density at radius 2 is 1.26 bits per heavy atom. The van der Waals surface area contributed by atoms with E-state index in [9.17, 15) is 52.2 Å². The first kappa shape index (κ1) is 78.3. The van der Waals surface area contributed by atoms with Crippen LogP contribution >= 0.6 is 0 Å². The third-order valence-electron chi connectivity index (χ3n) is 18.9. The summed E-state index contributed by atoms with van der Waals surface area (Å²) in [5, 5.41) is 50.8. The van der Waals surface area contributed by atoms with Crippen molar-refractivity contribution >= 4 is 63.3 Å². The molecule has 7 heterocycles. The third kappa shape index (κ3) is 21.4. The molecule has 12 atom stereocenters. The lowest BCUT2D eigenvalue weighted by Gasteiger charge is -2.36. The molecule has 11 N–H and O–H groups in total. The maximum Gasteiger partial charge on any atom is 0.326 e. The summed E-state index contributed by atoms with van der Waals surface area (Å²) in [5.74, 6) is -5.64. The summed E-state index contributed by atoms with van der Waals surface area (Å²) in [6.07, 6.45) is 4.96. The van der Waals surface area contributed by atoms with Gasteiger partial charge in [-0.3, -0.25) is 48.0 Å². The van der Waals surface area contributed by atoms with Crippen LogP contribution in [0.25, 0.3) is 11.1 Å². The van der Waals surface area contributed by atoms with Crippen LogP contribution in [0.3, 0.4) is 0 Å². The standard InChI is InChI=1S/C73H96N14O16S/c1-42(76-64(89)43(2)74-8)37-85-40-56-36-61(85)69(94)79-58(32-46-12-18-49(19-13-46)50-20-22-53(88)23-21-50)67(92)78-59(68(93)83-104(99,100)57-28-29-57)33-47-16-26-55(27-17-47)103-41-51-38-87(84-82-51)52-35-62(86(39-52)71(96)63(73(5,6)7)81-65(90)44(3)75-9)70(95)77-45(4)66(91)80-60(72(97)98)34-48-14-24-54(25-15-48)101-30-10-11-31-102-56/h10-27,38,42-45,52,56-63,74-75,88H,28-37,39-41H2,1-9H3,(H,76,89)(H,77,95)(H,78,92)(H,79,94)(H,80,91)(H,81,90)(H,83,93)(H,97,98). The topological polar surface area (TPSA) is 401 Å². The van der Waals surface area contributed by atoms with Crippen molar-refractivity contribution in [3.05, 3.63) is 138 Å². The highest BCUT2D eigenvalue weighted by atomic mass is 32.2. The van der Waals surface area contributed by atoms with E-state index in [4.69, 9.17) is 14.2 Å². The van der Waals surface area contributed by atoms with Gasteiger partial charge in [-0.05, 0) is 137 Å². The number of likely N-dealkylation sites (tertiary alicyclic amines) is 2. The Morgan fingerprint density at radius 3 is 1.87 bits per heavy atom. The van der Waals surface area contributed by atoms with Crippen molar-refractivity contribution in [3.8, 4) is 28.4 Å². The maximum atomic E-state index is 15.1. The summed E-state index contributed by atoms with van der Waals surface area (Å²) >= 11 is 0. The normalized spacial score (nSPS) is 23.3. The number of hydrogen-bond donors (Lipinski definition) is 11. The van der Waals surface area contributed by atoms with Crippen molar-refractivity contribution < 1.29 is 76.0 Å². The highest BCUT2D eigenvalue weighted by Crippen LogP contribution is 2.33. The van der Waals surface area contributed by atoms with Gasteiger partial charge in [0.2, 0.25) is 51.4 Å². The zero-order chi connectivity index (χ0) is 75.2. The molecule has 31 heteroatoms. The van der Waals surface area contributed by atoms with Crippen LogP contribution in [-0.2, 0) is 83.8 Å². The SMILES string of the molecule is CNC(C)C(=O)NC(C)CN1CC2CC1C(=O)NC(Cc1ccc(-c3ccc(O)cc3)cc1)C(=O)NC(C(=O)NS(=O)(=O)C1CC1)Cc1ccc(cc1)OCc1cn(nn1)C1CC(C(=O)NC(C)C(=O)NC(C(=O)O)Cc3ccc(cc3)OCC=CCO2)N(C(=O)C(NC(=O)C(C)NC)C(C)(C)C)C1. The second-order valence-corrected chi connectivity index (χ2v) is 30.1. The van der Waals surface area contributed by atoms with Crippen LogP contribution in [0.2, 0.25) is 0 Å². The fraction of sp³-hybridized carbons (Fsp3) is 0.493. The van der Waals surface area contributed by atoms with Crippen molar-refractivity contribution in [1.82, 2.24) is 72.1 Å². The number of phenolic OH excluding ortho intramolecular Hbond substituents is 1. The van der Waals surface area contributed by atoms with Gasteiger partial charge in [-0.2, -0.15) is 0 Å². The first-order valence-electron chi connectivity index (χ1n) is 34.9. The van der Waals surface area contributed by atoms with Crippen LogP contribution in [0.5, 0.6) is 17.2 Å². The number of nitrogens with one attached hydrogen (secondary N) is 9. The summed E-state index contributed by atoms with van der Waals surface area (Å²) in [4.78, 5) is 130. The molecule has 8 amide bonds. The van der Waals surface area contributed by atoms with Crippen LogP contribution in [0.15, 0.2) is 115 Å². The highest BCUT2D eigenvalue weighted by molar-refractivity contribution is 7.91. The molecule has 5 aromatic rings. The predicted octanol–water partition coefficient (Wildman–Crippen LogP) is 1.71. The van der Waals surface area contributed by atoms with Gasteiger partial charge in [0.1, 0.15) is 72.4 Å². The number of nitrogens with zero attached hydrogens (tertiary/aromatic N) is 5. The molecule has 6 aliphatic heterocycles. The van der Waals surface area contributed by atoms with Gasteiger partial charge in [0, 0.05) is 51.4 Å². The zero-order valence-electron chi connectivity index (χ0n) is 59.9. The molecule has 560 valence electrons. The summed E-state index contributed by atoms with van der Waals surface area (Å²) in [5.41, 5.74) is 2.72. The van der Waals surface area contributed by atoms with E-state index in [2.05, 4.69) is 57.6 Å². The maximum absolute atomic E-state index is 15.1. The summed E-state index contributed by atoms with van der Waals surface area (Å²) in [6, 6.07) is 15.8. The average molecular weight is 1460 g/mol. The molecular formula is C73H96N14O16S. The van der Waals surface area contributed by atoms with Gasteiger partial charge in [-0.25, -0.2) is 17.9 Å². The van der Waals surface area contributed by atoms with Crippen LogP contribution in [0, 0.1) is 5.41 Å². The van der Waals surface area contributed by atoms with Gasteiger partial charge in [0.05, 0.1) is 48.3 Å². The van der Waals surface area contributed by atoms with Crippen LogP contribution in [0.4, 0.5) is 0 Å². The van der Waals surface area contributed by atoms with Crippen molar-refractivity contribution in [2.24, 2.45) is 5.41 Å². The van der Waals surface area contributed by atoms with Gasteiger partial charge >= 0.3 is 5.97 Å². The van der Waals surface area contributed by atoms with Gasteiger partial charge in [-0.1, -0.05) is 92.7 Å². The molecule has 12 rings (SSSR count). The number of aromatic hydroxyl groups is 1. The largest absolute Gasteiger partial charge is 0.508 e. The number of aliphatic carboxylic acids is 1. The second kappa shape index (κ2) is 35.1. The fourth-order valence-electron chi connectivity index (χ4n) is 12.4. The molecule has 104 heavy (non-hydrogen) atoms. The monoisotopic (exact) mass is 1460 g/mol. The number of rotatable bonds is 16. The van der Waals surface area contributed by atoms with E-state index in [-0.39, 0.29) is 83.2 Å². The number of benzene rings is 4. The minimum absolute atomic E-state index is 0.0195. The number of aromatic nitrogens is 3. The molecule has 7 aliphatic rings. The van der Waals surface area contributed by atoms with E-state index >= 15 is 9.59 Å². The highest BCUT2D eigenvalue weighted by Gasteiger charge is 2.47. The molecule has 4 aromatic carbocycles. The Kier molecular flexibility index (Phi) is 26.4. The molecule has 10 bridgehead atoms. The minimum Gasteiger partial charge on any atom is -0.508 e. The Bertz CT molecular complexity index is 4000. The van der Waals surface area contributed by atoms with E-state index in [1.807, 2.05) is 24.0 Å². The summed E-state index contributed by atoms with van der Waals surface area (Å²) < 4.78 is 49.0. The molecule has 1 saturated carbocycles. The Morgan fingerprint density at radius 1 is 0.683 bits per heavy atom. The second-order valence-electron chi connectivity index (χ2n) is 28.2. The Balaban J connectivity index is 1.01. The summed E-state index contributed by atoms with van der Waals surface area (Å²) in [7, 11) is -0.873. The zero-order valence-corrected chi connectivity index (χ0v) is 60.7. The number of amides is 8. The molecule has 3 fully saturated rings. The lowest BCUT2D eigenvalue weighted by atomic mass is 9.85. The van der Waals surface area contributed by atoms with E-state index in [1.165, 1.54) is 16.5 Å². The quantitative estimate of drug-likeness (QED) is 0.0626. The number of carbonyl (C=O) groups excluding carboxylic acids is 8. The molecule has 0 spiro atoms. The van der Waals surface area contributed by atoms with E-state index in [1.54, 1.807) is 152 Å². The number of sulfonamides is 1. The van der Waals surface area contributed by atoms with Crippen molar-refractivity contribution in [2.45, 2.75) is 178 Å². The molecule has 2 saturated heterocycles. The summed E-state index contributed by atoms with van der Waals surface area (Å²) in [6.45, 7) is 12.3. The number of phenols is 1. The number of carboxylic acids is 1. The molecular weight excluding hydrogens is 1360 g/mol. The van der Waals surface area contributed by atoms with E-state index in [0.717, 1.165) is 11.1 Å². The Labute approximate surface area is 605 Å². The number of hydrogen-bond acceptors (Lipinski definition) is 20. The van der Waals surface area contributed by atoms with Gasteiger partial charge in [0.25, 0.3) is 5.91 Å². The average Bonchev–Trinajstić information content (AvgIpc) is 1.62. The van der Waals surface area contributed by atoms with Crippen molar-refractivity contribution in [3.63, 3.8) is 0 Å². The fourth-order valence-corrected chi connectivity index (χ4v) is 13.7. The van der Waals surface area contributed by atoms with Crippen molar-refractivity contribution in [1.29, 1.82) is 0 Å². The number of carboxylic acid groups (broad SMARTS) is 1. The molecule has 1 aliphatic carbocycles. The minimum atomic E-state index is -4.14. The number of ether oxygens (including phenoxy) is 3.